The topological polar surface area (TPSA) is 62.7 Å². The van der Waals surface area contributed by atoms with E-state index in [1.807, 2.05) is 6.92 Å². The molecule has 2 rings (SSSR count). The van der Waals surface area contributed by atoms with Gasteiger partial charge >= 0.3 is 0 Å². The maximum absolute atomic E-state index is 5.88. The van der Waals surface area contributed by atoms with Gasteiger partial charge in [0.05, 0.1) is 0 Å². The van der Waals surface area contributed by atoms with Gasteiger partial charge in [0.2, 0.25) is 17.2 Å². The number of aromatic nitrogens is 3. The molecule has 1 aliphatic carbocycles. The molecule has 1 fully saturated rings. The van der Waals surface area contributed by atoms with Gasteiger partial charge in [-0.25, -0.2) is 0 Å². The molecule has 17 heavy (non-hydrogen) atoms. The highest BCUT2D eigenvalue weighted by atomic mass is 35.5. The standard InChI is InChI=1S/C11H18ClN5/c1-3-11(6-5-7-11)17-10-15-8(12)14-9(16-10)13-4-2/h3-7H2,1-2H3,(H2,13,14,15,16,17). The van der Waals surface area contributed by atoms with E-state index < -0.39 is 0 Å². The molecule has 0 unspecified atom stereocenters. The minimum atomic E-state index is 0.161. The number of nitrogens with one attached hydrogen (secondary N) is 2. The van der Waals surface area contributed by atoms with Crippen molar-refractivity contribution in [1.29, 1.82) is 0 Å². The number of nitrogens with zero attached hydrogens (tertiary/aromatic N) is 3. The molecule has 5 nitrogen and oxygen atoms in total. The quantitative estimate of drug-likeness (QED) is 0.847. The first kappa shape index (κ1) is 12.4. The molecule has 0 radical (unpaired) electrons. The molecule has 1 aromatic heterocycles. The number of halogens is 1. The van der Waals surface area contributed by atoms with Crippen LogP contribution >= 0.6 is 11.6 Å². The summed E-state index contributed by atoms with van der Waals surface area (Å²) in [4.78, 5) is 12.4. The summed E-state index contributed by atoms with van der Waals surface area (Å²) in [5.74, 6) is 1.10. The summed E-state index contributed by atoms with van der Waals surface area (Å²) in [6.45, 7) is 4.93. The van der Waals surface area contributed by atoms with Gasteiger partial charge in [0.15, 0.2) is 0 Å². The van der Waals surface area contributed by atoms with Crippen LogP contribution in [0, 0.1) is 0 Å². The second-order valence-corrected chi connectivity index (χ2v) is 4.73. The van der Waals surface area contributed by atoms with Gasteiger partial charge in [-0.1, -0.05) is 6.92 Å². The summed E-state index contributed by atoms with van der Waals surface area (Å²) in [6.07, 6.45) is 4.68. The Morgan fingerprint density at radius 3 is 2.41 bits per heavy atom. The Balaban J connectivity index is 2.14. The van der Waals surface area contributed by atoms with E-state index in [0.717, 1.165) is 13.0 Å². The Hall–Kier alpha value is -1.10. The van der Waals surface area contributed by atoms with Crippen LogP contribution in [0.25, 0.3) is 0 Å². The largest absolute Gasteiger partial charge is 0.354 e. The lowest BCUT2D eigenvalue weighted by atomic mass is 9.75. The molecule has 0 aliphatic heterocycles. The lowest BCUT2D eigenvalue weighted by Crippen LogP contribution is -2.44. The van der Waals surface area contributed by atoms with Gasteiger partial charge in [-0.3, -0.25) is 0 Å². The fourth-order valence-corrected chi connectivity index (χ4v) is 2.21. The molecule has 0 amide bonds. The molecule has 1 saturated carbocycles. The first-order chi connectivity index (χ1) is 8.17. The lowest BCUT2D eigenvalue weighted by Gasteiger charge is -2.41. The maximum Gasteiger partial charge on any atom is 0.229 e. The summed E-state index contributed by atoms with van der Waals surface area (Å²) in [7, 11) is 0. The Morgan fingerprint density at radius 1 is 1.18 bits per heavy atom. The first-order valence-electron chi connectivity index (χ1n) is 6.11. The first-order valence-corrected chi connectivity index (χ1v) is 6.49. The van der Waals surface area contributed by atoms with Crippen LogP contribution in [0.15, 0.2) is 0 Å². The number of rotatable bonds is 5. The van der Waals surface area contributed by atoms with Gasteiger partial charge < -0.3 is 10.6 Å². The van der Waals surface area contributed by atoms with Crippen molar-refractivity contribution in [3.05, 3.63) is 5.28 Å². The van der Waals surface area contributed by atoms with E-state index in [0.29, 0.717) is 11.9 Å². The van der Waals surface area contributed by atoms with Crippen LogP contribution in [0.1, 0.15) is 39.5 Å². The second-order valence-electron chi connectivity index (χ2n) is 4.39. The van der Waals surface area contributed by atoms with Gasteiger partial charge in [0, 0.05) is 12.1 Å². The predicted octanol–water partition coefficient (Wildman–Crippen LogP) is 2.70. The third-order valence-corrected chi connectivity index (χ3v) is 3.48. The number of hydrogen-bond acceptors (Lipinski definition) is 5. The molecule has 6 heteroatoms. The predicted molar refractivity (Wildman–Crippen MR) is 69.5 cm³/mol. The fraction of sp³-hybridized carbons (Fsp3) is 0.727. The van der Waals surface area contributed by atoms with E-state index in [1.54, 1.807) is 0 Å². The van der Waals surface area contributed by atoms with Crippen LogP contribution in [0.4, 0.5) is 11.9 Å². The highest BCUT2D eigenvalue weighted by Gasteiger charge is 2.35. The minimum absolute atomic E-state index is 0.161. The number of anilines is 2. The van der Waals surface area contributed by atoms with Gasteiger partial charge in [0.25, 0.3) is 0 Å². The molecule has 0 spiro atoms. The molecule has 94 valence electrons. The third kappa shape index (κ3) is 2.77. The monoisotopic (exact) mass is 255 g/mol. The lowest BCUT2D eigenvalue weighted by molar-refractivity contribution is 0.268. The Bertz CT molecular complexity index is 386. The van der Waals surface area contributed by atoms with Crippen LogP contribution in [0.5, 0.6) is 0 Å². The summed E-state index contributed by atoms with van der Waals surface area (Å²) < 4.78 is 0. The van der Waals surface area contributed by atoms with Crippen molar-refractivity contribution < 1.29 is 0 Å². The highest BCUT2D eigenvalue weighted by molar-refractivity contribution is 6.28. The zero-order valence-electron chi connectivity index (χ0n) is 10.3. The van der Waals surface area contributed by atoms with E-state index in [4.69, 9.17) is 11.6 Å². The molecule has 2 N–H and O–H groups in total. The van der Waals surface area contributed by atoms with Crippen molar-refractivity contribution in [3.63, 3.8) is 0 Å². The van der Waals surface area contributed by atoms with E-state index >= 15 is 0 Å². The molecule has 1 aromatic rings. The molecule has 0 aromatic carbocycles. The smallest absolute Gasteiger partial charge is 0.229 e. The zero-order valence-corrected chi connectivity index (χ0v) is 11.0. The molecule has 0 saturated heterocycles. The average Bonchev–Trinajstić information content (AvgIpc) is 2.23. The van der Waals surface area contributed by atoms with Crippen molar-refractivity contribution in [1.82, 2.24) is 15.0 Å². The van der Waals surface area contributed by atoms with Crippen molar-refractivity contribution in [2.45, 2.75) is 45.1 Å². The fourth-order valence-electron chi connectivity index (χ4n) is 2.05. The van der Waals surface area contributed by atoms with E-state index in [-0.39, 0.29) is 10.8 Å². The van der Waals surface area contributed by atoms with Crippen LogP contribution < -0.4 is 10.6 Å². The maximum atomic E-state index is 5.88. The van der Waals surface area contributed by atoms with Crippen LogP contribution in [-0.4, -0.2) is 27.0 Å². The van der Waals surface area contributed by atoms with Gasteiger partial charge in [-0.15, -0.1) is 0 Å². The Labute approximate surface area is 106 Å². The zero-order chi connectivity index (χ0) is 12.3. The van der Waals surface area contributed by atoms with Gasteiger partial charge in [-0.2, -0.15) is 15.0 Å². The summed E-state index contributed by atoms with van der Waals surface area (Å²) in [5, 5.41) is 6.66. The average molecular weight is 256 g/mol. The van der Waals surface area contributed by atoms with Gasteiger partial charge in [-0.05, 0) is 44.2 Å². The SMILES string of the molecule is CCNc1nc(Cl)nc(NC2(CC)CCC2)n1. The van der Waals surface area contributed by atoms with Crippen LogP contribution in [-0.2, 0) is 0 Å². The normalized spacial score (nSPS) is 17.4. The molecule has 1 heterocycles. The van der Waals surface area contributed by atoms with Gasteiger partial charge in [0.1, 0.15) is 0 Å². The van der Waals surface area contributed by atoms with Crippen molar-refractivity contribution >= 4 is 23.5 Å². The molecule has 0 atom stereocenters. The summed E-state index contributed by atoms with van der Waals surface area (Å²) in [5.41, 5.74) is 0.161. The van der Waals surface area contributed by atoms with Crippen molar-refractivity contribution in [3.8, 4) is 0 Å². The second kappa shape index (κ2) is 5.04. The summed E-state index contributed by atoms with van der Waals surface area (Å²) in [6, 6.07) is 0. The molecule has 1 aliphatic rings. The van der Waals surface area contributed by atoms with E-state index in [2.05, 4.69) is 32.5 Å². The Morgan fingerprint density at radius 2 is 1.88 bits per heavy atom. The van der Waals surface area contributed by atoms with Crippen LogP contribution in [0.2, 0.25) is 5.28 Å². The minimum Gasteiger partial charge on any atom is -0.354 e. The molecule has 0 bridgehead atoms. The van der Waals surface area contributed by atoms with E-state index in [1.165, 1.54) is 19.3 Å². The third-order valence-electron chi connectivity index (χ3n) is 3.31. The van der Waals surface area contributed by atoms with Crippen molar-refractivity contribution in [2.24, 2.45) is 0 Å². The van der Waals surface area contributed by atoms with Crippen molar-refractivity contribution in [2.75, 3.05) is 17.2 Å². The number of hydrogen-bond donors (Lipinski definition) is 2. The van der Waals surface area contributed by atoms with Crippen LogP contribution in [0.3, 0.4) is 0 Å². The molecular formula is C11H18ClN5. The summed E-state index contributed by atoms with van der Waals surface area (Å²) >= 11 is 5.88. The van der Waals surface area contributed by atoms with E-state index in [9.17, 15) is 0 Å². The highest BCUT2D eigenvalue weighted by Crippen LogP contribution is 2.37. The Kier molecular flexibility index (Phi) is 3.66. The molecular weight excluding hydrogens is 238 g/mol.